The number of H-pyrrole nitrogens is 1. The first-order valence-electron chi connectivity index (χ1n) is 10.6. The zero-order valence-electron chi connectivity index (χ0n) is 18.0. The van der Waals surface area contributed by atoms with Crippen LogP contribution in [0.5, 0.6) is 0 Å². The van der Waals surface area contributed by atoms with E-state index in [-0.39, 0.29) is 18.4 Å². The Morgan fingerprint density at radius 1 is 1.03 bits per heavy atom. The number of nitrogens with one attached hydrogen (secondary N) is 1. The molecule has 1 aromatic heterocycles. The smallest absolute Gasteiger partial charge is 0.272 e. The monoisotopic (exact) mass is 495 g/mol. The fourth-order valence-corrected chi connectivity index (χ4v) is 4.04. The van der Waals surface area contributed by atoms with Crippen molar-refractivity contribution in [2.45, 2.75) is 6.54 Å². The molecule has 2 heterocycles. The summed E-state index contributed by atoms with van der Waals surface area (Å²) in [5.74, 6) is -0.287. The number of carbonyl (C=O) groups is 2. The van der Waals surface area contributed by atoms with Crippen molar-refractivity contribution in [2.24, 2.45) is 0 Å². The van der Waals surface area contributed by atoms with E-state index in [0.29, 0.717) is 24.5 Å². The molecule has 166 valence electrons. The van der Waals surface area contributed by atoms with Crippen LogP contribution in [0, 0.1) is 0 Å². The maximum atomic E-state index is 12.8. The van der Waals surface area contributed by atoms with Crippen LogP contribution in [0.25, 0.3) is 11.3 Å². The molecule has 1 fully saturated rings. The molecule has 3 aromatic rings. The Balaban J connectivity index is 1.28. The fourth-order valence-electron chi connectivity index (χ4n) is 3.78. The normalized spacial score (nSPS) is 14.4. The molecular formula is C24H26BrN5O2. The number of benzene rings is 2. The van der Waals surface area contributed by atoms with E-state index >= 15 is 0 Å². The van der Waals surface area contributed by atoms with Gasteiger partial charge >= 0.3 is 0 Å². The van der Waals surface area contributed by atoms with E-state index in [9.17, 15) is 9.59 Å². The molecule has 0 saturated carbocycles. The molecular weight excluding hydrogens is 470 g/mol. The predicted octanol–water partition coefficient (Wildman–Crippen LogP) is 3.26. The molecule has 7 nitrogen and oxygen atoms in total. The Kier molecular flexibility index (Phi) is 7.02. The van der Waals surface area contributed by atoms with Gasteiger partial charge in [-0.15, -0.1) is 0 Å². The van der Waals surface area contributed by atoms with Crippen molar-refractivity contribution in [1.29, 1.82) is 0 Å². The lowest BCUT2D eigenvalue weighted by atomic mass is 10.1. The molecule has 0 bridgehead atoms. The van der Waals surface area contributed by atoms with Crippen LogP contribution in [0.2, 0.25) is 0 Å². The first-order valence-corrected chi connectivity index (χ1v) is 11.4. The summed E-state index contributed by atoms with van der Waals surface area (Å²) in [6.07, 6.45) is 0. The van der Waals surface area contributed by atoms with Gasteiger partial charge in [0.15, 0.2) is 0 Å². The Morgan fingerprint density at radius 2 is 1.72 bits per heavy atom. The van der Waals surface area contributed by atoms with Gasteiger partial charge in [0.1, 0.15) is 5.69 Å². The molecule has 4 rings (SSSR count). The van der Waals surface area contributed by atoms with E-state index in [0.717, 1.165) is 29.7 Å². The van der Waals surface area contributed by atoms with Crippen molar-refractivity contribution in [3.63, 3.8) is 0 Å². The van der Waals surface area contributed by atoms with Crippen molar-refractivity contribution < 1.29 is 9.59 Å². The largest absolute Gasteiger partial charge is 0.339 e. The highest BCUT2D eigenvalue weighted by Gasteiger charge is 2.24. The SMILES string of the molecule is CN(CC(=O)N1CCN(Cc2ccccc2)CC1)C(=O)c1cc(-c2ccc(Br)cc2)n[nH]1. The lowest BCUT2D eigenvalue weighted by molar-refractivity contribution is -0.133. The number of aromatic nitrogens is 2. The second-order valence-electron chi connectivity index (χ2n) is 7.98. The van der Waals surface area contributed by atoms with Gasteiger partial charge in [0.25, 0.3) is 5.91 Å². The summed E-state index contributed by atoms with van der Waals surface area (Å²) in [5.41, 5.74) is 3.25. The summed E-state index contributed by atoms with van der Waals surface area (Å²) >= 11 is 3.41. The van der Waals surface area contributed by atoms with Gasteiger partial charge in [-0.2, -0.15) is 5.10 Å². The molecule has 1 aliphatic heterocycles. The molecule has 1 aliphatic rings. The molecule has 0 unspecified atom stereocenters. The first-order chi connectivity index (χ1) is 15.5. The molecule has 8 heteroatoms. The molecule has 1 N–H and O–H groups in total. The minimum absolute atomic E-state index is 0.0344. The van der Waals surface area contributed by atoms with Crippen LogP contribution < -0.4 is 0 Å². The minimum Gasteiger partial charge on any atom is -0.339 e. The standard InChI is InChI=1S/C24H26BrN5O2/c1-28(24(32)22-15-21(26-27-22)19-7-9-20(25)10-8-19)17-23(31)30-13-11-29(12-14-30)16-18-5-3-2-4-6-18/h2-10,15H,11-14,16-17H2,1H3,(H,26,27). The zero-order chi connectivity index (χ0) is 22.5. The highest BCUT2D eigenvalue weighted by atomic mass is 79.9. The molecule has 1 saturated heterocycles. The molecule has 0 spiro atoms. The number of carbonyl (C=O) groups excluding carboxylic acids is 2. The summed E-state index contributed by atoms with van der Waals surface area (Å²) in [6, 6.07) is 19.8. The maximum Gasteiger partial charge on any atom is 0.272 e. The number of nitrogens with zero attached hydrogens (tertiary/aromatic N) is 4. The van der Waals surface area contributed by atoms with Gasteiger partial charge in [0.2, 0.25) is 5.91 Å². The lowest BCUT2D eigenvalue weighted by Crippen LogP contribution is -2.51. The van der Waals surface area contributed by atoms with Gasteiger partial charge in [0, 0.05) is 49.8 Å². The summed E-state index contributed by atoms with van der Waals surface area (Å²) in [5, 5.41) is 7.04. The average Bonchev–Trinajstić information content (AvgIpc) is 3.30. The van der Waals surface area contributed by atoms with E-state index in [2.05, 4.69) is 43.2 Å². The number of halogens is 1. The number of piperazine rings is 1. The third-order valence-electron chi connectivity index (χ3n) is 5.64. The number of likely N-dealkylation sites (N-methyl/N-ethyl adjacent to an activating group) is 1. The highest BCUT2D eigenvalue weighted by molar-refractivity contribution is 9.10. The van der Waals surface area contributed by atoms with Gasteiger partial charge in [-0.1, -0.05) is 58.4 Å². The topological polar surface area (TPSA) is 72.5 Å². The van der Waals surface area contributed by atoms with Crippen LogP contribution in [-0.4, -0.2) is 76.5 Å². The van der Waals surface area contributed by atoms with Crippen LogP contribution in [-0.2, 0) is 11.3 Å². The fraction of sp³-hybridized carbons (Fsp3) is 0.292. The Hall–Kier alpha value is -2.97. The summed E-state index contributed by atoms with van der Waals surface area (Å²) < 4.78 is 0.979. The highest BCUT2D eigenvalue weighted by Crippen LogP contribution is 2.21. The third-order valence-corrected chi connectivity index (χ3v) is 6.17. The maximum absolute atomic E-state index is 12.8. The number of aromatic amines is 1. The van der Waals surface area contributed by atoms with Crippen LogP contribution in [0.3, 0.4) is 0 Å². The number of hydrogen-bond acceptors (Lipinski definition) is 4. The first kappa shape index (κ1) is 22.2. The van der Waals surface area contributed by atoms with Crippen molar-refractivity contribution >= 4 is 27.7 Å². The Morgan fingerprint density at radius 3 is 2.41 bits per heavy atom. The molecule has 0 radical (unpaired) electrons. The second kappa shape index (κ2) is 10.1. The van der Waals surface area contributed by atoms with E-state index in [1.165, 1.54) is 10.5 Å². The van der Waals surface area contributed by atoms with E-state index < -0.39 is 0 Å². The predicted molar refractivity (Wildman–Crippen MR) is 127 cm³/mol. The number of amides is 2. The van der Waals surface area contributed by atoms with Gasteiger partial charge in [-0.05, 0) is 23.8 Å². The Labute approximate surface area is 196 Å². The third kappa shape index (κ3) is 5.44. The Bertz CT molecular complexity index is 1060. The lowest BCUT2D eigenvalue weighted by Gasteiger charge is -2.35. The van der Waals surface area contributed by atoms with E-state index in [1.54, 1.807) is 13.1 Å². The van der Waals surface area contributed by atoms with Gasteiger partial charge in [-0.3, -0.25) is 19.6 Å². The van der Waals surface area contributed by atoms with Gasteiger partial charge in [-0.25, -0.2) is 0 Å². The second-order valence-corrected chi connectivity index (χ2v) is 8.89. The molecule has 32 heavy (non-hydrogen) atoms. The zero-order valence-corrected chi connectivity index (χ0v) is 19.6. The van der Waals surface area contributed by atoms with E-state index in [1.807, 2.05) is 47.4 Å². The van der Waals surface area contributed by atoms with Crippen molar-refractivity contribution in [1.82, 2.24) is 24.9 Å². The van der Waals surface area contributed by atoms with Crippen molar-refractivity contribution in [2.75, 3.05) is 39.8 Å². The molecule has 2 amide bonds. The van der Waals surface area contributed by atoms with Crippen LogP contribution in [0.4, 0.5) is 0 Å². The van der Waals surface area contributed by atoms with Crippen LogP contribution in [0.15, 0.2) is 65.1 Å². The van der Waals surface area contributed by atoms with Crippen molar-refractivity contribution in [3.05, 3.63) is 76.4 Å². The van der Waals surface area contributed by atoms with Gasteiger partial charge in [0.05, 0.1) is 12.2 Å². The van der Waals surface area contributed by atoms with Crippen molar-refractivity contribution in [3.8, 4) is 11.3 Å². The van der Waals surface area contributed by atoms with E-state index in [4.69, 9.17) is 0 Å². The quantitative estimate of drug-likeness (QED) is 0.569. The van der Waals surface area contributed by atoms with Gasteiger partial charge < -0.3 is 9.80 Å². The van der Waals surface area contributed by atoms with Crippen LogP contribution in [0.1, 0.15) is 16.1 Å². The summed E-state index contributed by atoms with van der Waals surface area (Å²) in [7, 11) is 1.64. The summed E-state index contributed by atoms with van der Waals surface area (Å²) in [4.78, 5) is 31.2. The van der Waals surface area contributed by atoms with Crippen LogP contribution >= 0.6 is 15.9 Å². The molecule has 0 atom stereocenters. The molecule has 2 aromatic carbocycles. The number of rotatable bonds is 6. The minimum atomic E-state index is -0.253. The average molecular weight is 496 g/mol. The summed E-state index contributed by atoms with van der Waals surface area (Å²) in [6.45, 7) is 3.94. The number of hydrogen-bond donors (Lipinski definition) is 1. The molecule has 0 aliphatic carbocycles.